The Morgan fingerprint density at radius 3 is 2.38 bits per heavy atom. The molecule has 0 unspecified atom stereocenters. The number of ether oxygens (including phenoxy) is 2. The van der Waals surface area contributed by atoms with Crippen molar-refractivity contribution in [2.24, 2.45) is 0 Å². The van der Waals surface area contributed by atoms with Crippen LogP contribution >= 0.6 is 0 Å². The highest BCUT2D eigenvalue weighted by atomic mass is 19.3. The fourth-order valence-electron chi connectivity index (χ4n) is 2.27. The van der Waals surface area contributed by atoms with Crippen molar-refractivity contribution < 1.29 is 27.8 Å². The van der Waals surface area contributed by atoms with E-state index in [1.54, 1.807) is 18.2 Å². The number of esters is 2. The summed E-state index contributed by atoms with van der Waals surface area (Å²) in [4.78, 5) is 23.2. The second-order valence-electron chi connectivity index (χ2n) is 5.17. The van der Waals surface area contributed by atoms with Gasteiger partial charge < -0.3 is 9.47 Å². The highest BCUT2D eigenvalue weighted by Crippen LogP contribution is 2.37. The predicted octanol–water partition coefficient (Wildman–Crippen LogP) is 4.03. The van der Waals surface area contributed by atoms with Crippen LogP contribution in [0.25, 0.3) is 10.8 Å². The van der Waals surface area contributed by atoms with E-state index in [-0.39, 0.29) is 18.6 Å². The van der Waals surface area contributed by atoms with Gasteiger partial charge in [-0.2, -0.15) is 8.78 Å². The van der Waals surface area contributed by atoms with Gasteiger partial charge in [0.15, 0.2) is 0 Å². The molecule has 128 valence electrons. The van der Waals surface area contributed by atoms with Gasteiger partial charge in [-0.3, -0.25) is 4.79 Å². The lowest BCUT2D eigenvalue weighted by molar-refractivity contribution is -0.199. The number of fused-ring (bicyclic) bond motifs is 1. The fraction of sp³-hybridized carbons (Fsp3) is 0.333. The van der Waals surface area contributed by atoms with Gasteiger partial charge in [0.25, 0.3) is 0 Å². The zero-order valence-electron chi connectivity index (χ0n) is 13.4. The molecule has 0 radical (unpaired) electrons. The average molecular weight is 336 g/mol. The molecule has 0 amide bonds. The first-order valence-electron chi connectivity index (χ1n) is 7.63. The maximum Gasteiger partial charge on any atom is 0.382 e. The SMILES string of the molecule is CCOC(=O)C(F)(F)[C@@H](OC(=O)CC)c1ccc2ccccc2c1. The Bertz CT molecular complexity index is 743. The zero-order valence-corrected chi connectivity index (χ0v) is 13.4. The summed E-state index contributed by atoms with van der Waals surface area (Å²) >= 11 is 0. The Hall–Kier alpha value is -2.50. The lowest BCUT2D eigenvalue weighted by Crippen LogP contribution is -2.39. The van der Waals surface area contributed by atoms with Crippen LogP contribution in [0, 0.1) is 0 Å². The van der Waals surface area contributed by atoms with Crippen LogP contribution in [0.4, 0.5) is 8.78 Å². The minimum atomic E-state index is -3.98. The van der Waals surface area contributed by atoms with E-state index in [1.165, 1.54) is 26.0 Å². The number of hydrogen-bond donors (Lipinski definition) is 0. The summed E-state index contributed by atoms with van der Waals surface area (Å²) in [5, 5.41) is 1.55. The Balaban J connectivity index is 2.47. The first-order valence-corrected chi connectivity index (χ1v) is 7.63. The largest absolute Gasteiger partial charge is 0.461 e. The summed E-state index contributed by atoms with van der Waals surface area (Å²) < 4.78 is 38.3. The molecule has 2 aromatic carbocycles. The Morgan fingerprint density at radius 2 is 1.75 bits per heavy atom. The van der Waals surface area contributed by atoms with Crippen molar-refractivity contribution in [1.82, 2.24) is 0 Å². The fourth-order valence-corrected chi connectivity index (χ4v) is 2.27. The molecule has 2 aromatic rings. The van der Waals surface area contributed by atoms with Crippen molar-refractivity contribution in [2.75, 3.05) is 6.61 Å². The van der Waals surface area contributed by atoms with E-state index in [2.05, 4.69) is 4.74 Å². The molecule has 0 aliphatic heterocycles. The van der Waals surface area contributed by atoms with Crippen LogP contribution in [0.2, 0.25) is 0 Å². The number of alkyl halides is 2. The summed E-state index contributed by atoms with van der Waals surface area (Å²) in [6, 6.07) is 11.7. The van der Waals surface area contributed by atoms with E-state index in [4.69, 9.17) is 4.74 Å². The Kier molecular flexibility index (Phi) is 5.49. The zero-order chi connectivity index (χ0) is 17.7. The van der Waals surface area contributed by atoms with Gasteiger partial charge in [0.2, 0.25) is 6.10 Å². The minimum absolute atomic E-state index is 0.0357. The van der Waals surface area contributed by atoms with E-state index in [1.807, 2.05) is 12.1 Å². The number of benzene rings is 2. The lowest BCUT2D eigenvalue weighted by atomic mass is 9.99. The minimum Gasteiger partial charge on any atom is -0.461 e. The predicted molar refractivity (Wildman–Crippen MR) is 84.7 cm³/mol. The Morgan fingerprint density at radius 1 is 1.08 bits per heavy atom. The van der Waals surface area contributed by atoms with Crippen LogP contribution in [0.5, 0.6) is 0 Å². The molecule has 4 nitrogen and oxygen atoms in total. The van der Waals surface area contributed by atoms with E-state index in [0.717, 1.165) is 5.39 Å². The van der Waals surface area contributed by atoms with E-state index in [0.29, 0.717) is 5.39 Å². The number of halogens is 2. The topological polar surface area (TPSA) is 52.6 Å². The molecular formula is C18H18F2O4. The molecular weight excluding hydrogens is 318 g/mol. The normalized spacial score (nSPS) is 12.7. The van der Waals surface area contributed by atoms with Gasteiger partial charge in [-0.25, -0.2) is 4.79 Å². The second-order valence-corrected chi connectivity index (χ2v) is 5.17. The van der Waals surface area contributed by atoms with Gasteiger partial charge in [-0.05, 0) is 29.3 Å². The van der Waals surface area contributed by atoms with Crippen LogP contribution in [0.15, 0.2) is 42.5 Å². The van der Waals surface area contributed by atoms with Gasteiger partial charge in [-0.15, -0.1) is 0 Å². The van der Waals surface area contributed by atoms with Crippen LogP contribution in [-0.2, 0) is 19.1 Å². The first-order chi connectivity index (χ1) is 11.4. The van der Waals surface area contributed by atoms with Crippen LogP contribution in [-0.4, -0.2) is 24.5 Å². The third kappa shape index (κ3) is 3.69. The molecule has 0 aliphatic rings. The quantitative estimate of drug-likeness (QED) is 0.747. The maximum absolute atomic E-state index is 14.5. The molecule has 1 atom stereocenters. The van der Waals surface area contributed by atoms with Gasteiger partial charge in [0.05, 0.1) is 6.61 Å². The molecule has 2 rings (SSSR count). The molecule has 0 spiro atoms. The van der Waals surface area contributed by atoms with Crippen molar-refractivity contribution in [2.45, 2.75) is 32.3 Å². The molecule has 6 heteroatoms. The Labute approximate surface area is 138 Å². The number of carbonyl (C=O) groups is 2. The van der Waals surface area contributed by atoms with Crippen molar-refractivity contribution in [3.63, 3.8) is 0 Å². The summed E-state index contributed by atoms with van der Waals surface area (Å²) in [6.07, 6.45) is -2.11. The number of carbonyl (C=O) groups excluding carboxylic acids is 2. The molecule has 0 N–H and O–H groups in total. The average Bonchev–Trinajstić information content (AvgIpc) is 2.59. The third-order valence-electron chi connectivity index (χ3n) is 3.49. The van der Waals surface area contributed by atoms with Crippen molar-refractivity contribution in [1.29, 1.82) is 0 Å². The summed E-state index contributed by atoms with van der Waals surface area (Å²) in [7, 11) is 0. The standard InChI is InChI=1S/C18H18F2O4/c1-3-15(21)24-16(18(19,20)17(22)23-4-2)14-10-9-12-7-5-6-8-13(12)11-14/h5-11,16H,3-4H2,1-2H3/t16-/m0/s1. The third-order valence-corrected chi connectivity index (χ3v) is 3.49. The number of hydrogen-bond acceptors (Lipinski definition) is 4. The molecule has 0 saturated heterocycles. The molecule has 0 aliphatic carbocycles. The van der Waals surface area contributed by atoms with Crippen molar-refractivity contribution in [3.8, 4) is 0 Å². The van der Waals surface area contributed by atoms with Gasteiger partial charge in [0.1, 0.15) is 0 Å². The first kappa shape index (κ1) is 17.8. The monoisotopic (exact) mass is 336 g/mol. The van der Waals surface area contributed by atoms with E-state index in [9.17, 15) is 18.4 Å². The number of rotatable bonds is 6. The van der Waals surface area contributed by atoms with Crippen LogP contribution in [0.1, 0.15) is 31.9 Å². The molecule has 24 heavy (non-hydrogen) atoms. The van der Waals surface area contributed by atoms with Gasteiger partial charge in [0, 0.05) is 6.42 Å². The van der Waals surface area contributed by atoms with Crippen LogP contribution in [0.3, 0.4) is 0 Å². The molecule has 0 fully saturated rings. The van der Waals surface area contributed by atoms with Gasteiger partial charge in [-0.1, -0.05) is 43.3 Å². The molecule has 0 heterocycles. The van der Waals surface area contributed by atoms with E-state index >= 15 is 0 Å². The lowest BCUT2D eigenvalue weighted by Gasteiger charge is -2.25. The summed E-state index contributed by atoms with van der Waals surface area (Å²) in [6.45, 7) is 2.72. The molecule has 0 aromatic heterocycles. The van der Waals surface area contributed by atoms with E-state index < -0.39 is 24.0 Å². The smallest absolute Gasteiger partial charge is 0.382 e. The van der Waals surface area contributed by atoms with Crippen molar-refractivity contribution in [3.05, 3.63) is 48.0 Å². The second kappa shape index (κ2) is 7.38. The van der Waals surface area contributed by atoms with Gasteiger partial charge >= 0.3 is 17.9 Å². The molecule has 0 bridgehead atoms. The van der Waals surface area contributed by atoms with Crippen LogP contribution < -0.4 is 0 Å². The molecule has 0 saturated carbocycles. The van der Waals surface area contributed by atoms with Crippen molar-refractivity contribution >= 4 is 22.7 Å². The highest BCUT2D eigenvalue weighted by Gasteiger charge is 2.52. The maximum atomic E-state index is 14.5. The summed E-state index contributed by atoms with van der Waals surface area (Å²) in [5.41, 5.74) is 0.0357. The highest BCUT2D eigenvalue weighted by molar-refractivity contribution is 5.84. The summed E-state index contributed by atoms with van der Waals surface area (Å²) in [5.74, 6) is -6.52.